The Morgan fingerprint density at radius 2 is 2.45 bits per heavy atom. The zero-order chi connectivity index (χ0) is 8.43. The first-order valence-electron chi connectivity index (χ1n) is 3.58. The number of rotatable bonds is 2. The van der Waals surface area contributed by atoms with E-state index in [2.05, 4.69) is 4.74 Å². The smallest absolute Gasteiger partial charge is 0.320 e. The van der Waals surface area contributed by atoms with E-state index in [-0.39, 0.29) is 5.91 Å². The topological polar surface area (TPSA) is 46.6 Å². The number of hydrogen-bond acceptors (Lipinski definition) is 3. The van der Waals surface area contributed by atoms with E-state index < -0.39 is 11.9 Å². The summed E-state index contributed by atoms with van der Waals surface area (Å²) in [5.41, 5.74) is 0. The first-order valence-corrected chi connectivity index (χ1v) is 3.58. The number of amides is 1. The van der Waals surface area contributed by atoms with Gasteiger partial charge in [-0.25, -0.2) is 0 Å². The lowest BCUT2D eigenvalue weighted by Crippen LogP contribution is -2.53. The van der Waals surface area contributed by atoms with E-state index in [9.17, 15) is 9.59 Å². The van der Waals surface area contributed by atoms with Crippen LogP contribution >= 0.6 is 0 Å². The third-order valence-electron chi connectivity index (χ3n) is 1.70. The minimum absolute atomic E-state index is 0.136. The van der Waals surface area contributed by atoms with Crippen LogP contribution in [0.5, 0.6) is 0 Å². The highest BCUT2D eigenvalue weighted by Crippen LogP contribution is 2.16. The maximum atomic E-state index is 10.9. The Bertz CT molecular complexity index is 190. The van der Waals surface area contributed by atoms with Gasteiger partial charge in [0.25, 0.3) is 0 Å². The molecule has 1 rings (SSSR count). The molecule has 1 amide bonds. The third kappa shape index (κ3) is 1.34. The molecule has 1 saturated heterocycles. The second-order valence-corrected chi connectivity index (χ2v) is 2.52. The van der Waals surface area contributed by atoms with E-state index in [0.717, 1.165) is 0 Å². The predicted molar refractivity (Wildman–Crippen MR) is 37.8 cm³/mol. The first-order chi connectivity index (χ1) is 5.16. The van der Waals surface area contributed by atoms with E-state index in [1.165, 1.54) is 4.90 Å². The average Bonchev–Trinajstić information content (AvgIpc) is 1.99. The Kier molecular flexibility index (Phi) is 2.12. The van der Waals surface area contributed by atoms with Crippen LogP contribution in [0, 0.1) is 5.92 Å². The number of esters is 1. The SMILES string of the molecule is CCOC(=O)C1CN(C)C1=O. The quantitative estimate of drug-likeness (QED) is 0.312. The van der Waals surface area contributed by atoms with Crippen molar-refractivity contribution in [2.24, 2.45) is 5.92 Å². The van der Waals surface area contributed by atoms with Crippen LogP contribution in [0.4, 0.5) is 0 Å². The summed E-state index contributed by atoms with van der Waals surface area (Å²) in [4.78, 5) is 23.3. The fraction of sp³-hybridized carbons (Fsp3) is 0.714. The molecule has 11 heavy (non-hydrogen) atoms. The van der Waals surface area contributed by atoms with Crippen molar-refractivity contribution in [3.8, 4) is 0 Å². The summed E-state index contributed by atoms with van der Waals surface area (Å²) >= 11 is 0. The highest BCUT2D eigenvalue weighted by atomic mass is 16.5. The molecule has 0 aromatic carbocycles. The summed E-state index contributed by atoms with van der Waals surface area (Å²) in [5.74, 6) is -1.06. The standard InChI is InChI=1S/C7H11NO3/c1-3-11-7(10)5-4-8(2)6(5)9/h5H,3-4H2,1-2H3. The van der Waals surface area contributed by atoms with Gasteiger partial charge in [-0.15, -0.1) is 0 Å². The van der Waals surface area contributed by atoms with Gasteiger partial charge in [-0.1, -0.05) is 0 Å². The second kappa shape index (κ2) is 2.90. The van der Waals surface area contributed by atoms with E-state index in [1.807, 2.05) is 0 Å². The lowest BCUT2D eigenvalue weighted by Gasteiger charge is -2.33. The van der Waals surface area contributed by atoms with Gasteiger partial charge in [-0.3, -0.25) is 9.59 Å². The summed E-state index contributed by atoms with van der Waals surface area (Å²) in [6.07, 6.45) is 0. The molecule has 1 fully saturated rings. The van der Waals surface area contributed by atoms with Crippen molar-refractivity contribution in [2.75, 3.05) is 20.2 Å². The number of hydrogen-bond donors (Lipinski definition) is 0. The largest absolute Gasteiger partial charge is 0.465 e. The lowest BCUT2D eigenvalue weighted by atomic mass is 10.0. The average molecular weight is 157 g/mol. The molecule has 0 aliphatic carbocycles. The van der Waals surface area contributed by atoms with Gasteiger partial charge < -0.3 is 9.64 Å². The normalized spacial score (nSPS) is 22.9. The lowest BCUT2D eigenvalue weighted by molar-refractivity contribution is -0.164. The Morgan fingerprint density at radius 3 is 2.82 bits per heavy atom. The van der Waals surface area contributed by atoms with E-state index in [0.29, 0.717) is 13.2 Å². The molecule has 4 heteroatoms. The molecule has 4 nitrogen and oxygen atoms in total. The molecule has 1 heterocycles. The van der Waals surface area contributed by atoms with Crippen molar-refractivity contribution in [3.05, 3.63) is 0 Å². The van der Waals surface area contributed by atoms with E-state index in [1.54, 1.807) is 14.0 Å². The molecule has 0 aromatic rings. The molecule has 0 spiro atoms. The van der Waals surface area contributed by atoms with Crippen LogP contribution in [-0.4, -0.2) is 37.0 Å². The second-order valence-electron chi connectivity index (χ2n) is 2.52. The van der Waals surface area contributed by atoms with E-state index >= 15 is 0 Å². The third-order valence-corrected chi connectivity index (χ3v) is 1.70. The van der Waals surface area contributed by atoms with Gasteiger partial charge in [0.1, 0.15) is 0 Å². The highest BCUT2D eigenvalue weighted by molar-refractivity contribution is 6.02. The molecule has 0 N–H and O–H groups in total. The van der Waals surface area contributed by atoms with Crippen molar-refractivity contribution in [3.63, 3.8) is 0 Å². The minimum atomic E-state index is -0.528. The van der Waals surface area contributed by atoms with Gasteiger partial charge in [0, 0.05) is 13.6 Å². The number of carbonyl (C=O) groups excluding carboxylic acids is 2. The molecule has 0 radical (unpaired) electrons. The first kappa shape index (κ1) is 8.04. The molecule has 1 aliphatic heterocycles. The number of β-lactam (4-membered cyclic amide) rings is 1. The van der Waals surface area contributed by atoms with Gasteiger partial charge >= 0.3 is 5.97 Å². The molecule has 0 bridgehead atoms. The molecular weight excluding hydrogens is 146 g/mol. The van der Waals surface area contributed by atoms with Crippen molar-refractivity contribution in [1.82, 2.24) is 4.90 Å². The molecule has 1 aliphatic rings. The number of nitrogens with zero attached hydrogens (tertiary/aromatic N) is 1. The highest BCUT2D eigenvalue weighted by Gasteiger charge is 2.40. The van der Waals surface area contributed by atoms with Crippen molar-refractivity contribution in [1.29, 1.82) is 0 Å². The monoisotopic (exact) mass is 157 g/mol. The number of likely N-dealkylation sites (tertiary alicyclic amines) is 1. The molecule has 1 unspecified atom stereocenters. The fourth-order valence-corrected chi connectivity index (χ4v) is 1.01. The number of carbonyl (C=O) groups is 2. The summed E-state index contributed by atoms with van der Waals surface area (Å²) in [6.45, 7) is 2.56. The van der Waals surface area contributed by atoms with Crippen LogP contribution < -0.4 is 0 Å². The van der Waals surface area contributed by atoms with Crippen molar-refractivity contribution >= 4 is 11.9 Å². The molecule has 0 saturated carbocycles. The maximum absolute atomic E-state index is 10.9. The molecule has 0 aromatic heterocycles. The van der Waals surface area contributed by atoms with Crippen LogP contribution in [0.1, 0.15) is 6.92 Å². The molecular formula is C7H11NO3. The van der Waals surface area contributed by atoms with Crippen molar-refractivity contribution < 1.29 is 14.3 Å². The maximum Gasteiger partial charge on any atom is 0.320 e. The predicted octanol–water partition coefficient (Wildman–Crippen LogP) is -0.362. The fourth-order valence-electron chi connectivity index (χ4n) is 1.01. The Balaban J connectivity index is 2.39. The Hall–Kier alpha value is -1.06. The molecule has 62 valence electrons. The van der Waals surface area contributed by atoms with Gasteiger partial charge in [0.05, 0.1) is 6.61 Å². The van der Waals surface area contributed by atoms with Crippen LogP contribution in [0.25, 0.3) is 0 Å². The van der Waals surface area contributed by atoms with Crippen LogP contribution in [0.15, 0.2) is 0 Å². The Labute approximate surface area is 65.1 Å². The number of ether oxygens (including phenoxy) is 1. The minimum Gasteiger partial charge on any atom is -0.465 e. The summed E-state index contributed by atoms with van der Waals surface area (Å²) in [7, 11) is 1.66. The summed E-state index contributed by atoms with van der Waals surface area (Å²) in [6, 6.07) is 0. The Morgan fingerprint density at radius 1 is 1.82 bits per heavy atom. The van der Waals surface area contributed by atoms with Gasteiger partial charge in [-0.05, 0) is 6.92 Å². The van der Waals surface area contributed by atoms with Crippen LogP contribution in [-0.2, 0) is 14.3 Å². The van der Waals surface area contributed by atoms with Crippen LogP contribution in [0.3, 0.4) is 0 Å². The van der Waals surface area contributed by atoms with Crippen molar-refractivity contribution in [2.45, 2.75) is 6.92 Å². The van der Waals surface area contributed by atoms with Gasteiger partial charge in [0.15, 0.2) is 5.92 Å². The zero-order valence-corrected chi connectivity index (χ0v) is 6.66. The van der Waals surface area contributed by atoms with Crippen LogP contribution in [0.2, 0.25) is 0 Å². The van der Waals surface area contributed by atoms with E-state index in [4.69, 9.17) is 0 Å². The summed E-state index contributed by atoms with van der Waals surface area (Å²) < 4.78 is 4.68. The van der Waals surface area contributed by atoms with Gasteiger partial charge in [0.2, 0.25) is 5.91 Å². The van der Waals surface area contributed by atoms with Gasteiger partial charge in [-0.2, -0.15) is 0 Å². The zero-order valence-electron chi connectivity index (χ0n) is 6.66. The molecule has 1 atom stereocenters. The summed E-state index contributed by atoms with van der Waals surface area (Å²) in [5, 5.41) is 0.